The summed E-state index contributed by atoms with van der Waals surface area (Å²) in [5.41, 5.74) is 0.602. The van der Waals surface area contributed by atoms with Gasteiger partial charge in [0, 0.05) is 19.6 Å². The van der Waals surface area contributed by atoms with Crippen LogP contribution in [-0.2, 0) is 11.2 Å². The van der Waals surface area contributed by atoms with Crippen molar-refractivity contribution in [1.82, 2.24) is 0 Å². The Morgan fingerprint density at radius 1 is 1.20 bits per heavy atom. The third kappa shape index (κ3) is 5.76. The molecule has 0 aliphatic heterocycles. The molecule has 0 saturated heterocycles. The number of methoxy groups -OCH3 is 1. The second-order valence-corrected chi connectivity index (χ2v) is 5.57. The van der Waals surface area contributed by atoms with Gasteiger partial charge >= 0.3 is 5.97 Å². The fourth-order valence-electron chi connectivity index (χ4n) is 2.33. The molecule has 0 aliphatic rings. The predicted molar refractivity (Wildman–Crippen MR) is 91.0 cm³/mol. The lowest BCUT2D eigenvalue weighted by atomic mass is 10.1. The van der Waals surface area contributed by atoms with Crippen molar-refractivity contribution >= 4 is 5.97 Å². The van der Waals surface area contributed by atoms with Crippen LogP contribution in [0.5, 0.6) is 11.5 Å². The van der Waals surface area contributed by atoms with Gasteiger partial charge in [-0.15, -0.1) is 0 Å². The highest BCUT2D eigenvalue weighted by Gasteiger charge is 2.11. The number of hydrogen-bond donors (Lipinski definition) is 1. The van der Waals surface area contributed by atoms with Crippen molar-refractivity contribution < 1.29 is 28.5 Å². The van der Waals surface area contributed by atoms with Crippen LogP contribution in [0.3, 0.4) is 0 Å². The van der Waals surface area contributed by atoms with Crippen molar-refractivity contribution in [3.63, 3.8) is 0 Å². The normalized spacial score (nSPS) is 11.8. The Kier molecular flexibility index (Phi) is 6.77. The average Bonchev–Trinajstić information content (AvgIpc) is 2.56. The van der Waals surface area contributed by atoms with Gasteiger partial charge in [-0.25, -0.2) is 9.18 Å². The van der Waals surface area contributed by atoms with Crippen LogP contribution in [0.2, 0.25) is 0 Å². The predicted octanol–water partition coefficient (Wildman–Crippen LogP) is 3.56. The molecule has 0 amide bonds. The second-order valence-electron chi connectivity index (χ2n) is 5.57. The van der Waals surface area contributed by atoms with E-state index in [1.807, 2.05) is 6.92 Å². The van der Waals surface area contributed by atoms with Crippen molar-refractivity contribution in [3.05, 3.63) is 59.4 Å². The van der Waals surface area contributed by atoms with Gasteiger partial charge in [0.2, 0.25) is 0 Å². The molecule has 0 bridgehead atoms. The van der Waals surface area contributed by atoms with Gasteiger partial charge in [-0.3, -0.25) is 0 Å². The lowest BCUT2D eigenvalue weighted by molar-refractivity contribution is 0.0693. The van der Waals surface area contributed by atoms with Gasteiger partial charge < -0.3 is 19.3 Å². The molecule has 5 nitrogen and oxygen atoms in total. The molecule has 1 N–H and O–H groups in total. The summed E-state index contributed by atoms with van der Waals surface area (Å²) in [5, 5.41) is 9.23. The monoisotopic (exact) mass is 348 g/mol. The van der Waals surface area contributed by atoms with Gasteiger partial charge in [0.05, 0.1) is 18.8 Å². The Balaban J connectivity index is 2.06. The standard InChI is InChI=1S/C19H21FO5/c1-13(12-23-2)25-17-10-15(19(21)22)9-16(11-17)24-8-7-14-5-3-4-6-18(14)20/h3-6,9-11,13H,7-8,12H2,1-2H3,(H,21,22)/t13-/m0/s1. The largest absolute Gasteiger partial charge is 0.493 e. The molecule has 2 rings (SSSR count). The molecule has 0 radical (unpaired) electrons. The molecule has 0 fully saturated rings. The lowest BCUT2D eigenvalue weighted by Crippen LogP contribution is -2.18. The average molecular weight is 348 g/mol. The molecular formula is C19H21FO5. The molecule has 0 spiro atoms. The van der Waals surface area contributed by atoms with E-state index in [2.05, 4.69) is 0 Å². The summed E-state index contributed by atoms with van der Waals surface area (Å²) in [4.78, 5) is 11.3. The van der Waals surface area contributed by atoms with Crippen LogP contribution in [0.1, 0.15) is 22.8 Å². The maximum atomic E-state index is 13.6. The molecule has 0 saturated carbocycles. The number of ether oxygens (including phenoxy) is 3. The summed E-state index contributed by atoms with van der Waals surface area (Å²) in [6.07, 6.45) is 0.139. The zero-order chi connectivity index (χ0) is 18.2. The van der Waals surface area contributed by atoms with E-state index in [1.165, 1.54) is 18.2 Å². The fourth-order valence-corrected chi connectivity index (χ4v) is 2.33. The molecule has 0 unspecified atom stereocenters. The van der Waals surface area contributed by atoms with E-state index < -0.39 is 5.97 Å². The van der Waals surface area contributed by atoms with Crippen molar-refractivity contribution in [1.29, 1.82) is 0 Å². The number of rotatable bonds is 9. The molecule has 2 aromatic rings. The minimum absolute atomic E-state index is 0.0583. The fraction of sp³-hybridized carbons (Fsp3) is 0.316. The number of aromatic carboxylic acids is 1. The molecule has 0 aliphatic carbocycles. The van der Waals surface area contributed by atoms with Crippen LogP contribution in [-0.4, -0.2) is 37.5 Å². The van der Waals surface area contributed by atoms with Gasteiger partial charge in [0.25, 0.3) is 0 Å². The molecule has 6 heteroatoms. The SMILES string of the molecule is COC[C@H](C)Oc1cc(OCCc2ccccc2F)cc(C(=O)O)c1. The Morgan fingerprint density at radius 3 is 2.60 bits per heavy atom. The summed E-state index contributed by atoms with van der Waals surface area (Å²) in [5.74, 6) is -0.632. The maximum absolute atomic E-state index is 13.6. The minimum atomic E-state index is -1.08. The topological polar surface area (TPSA) is 65.0 Å². The summed E-state index contributed by atoms with van der Waals surface area (Å²) in [6.45, 7) is 2.41. The number of benzene rings is 2. The molecule has 25 heavy (non-hydrogen) atoms. The highest BCUT2D eigenvalue weighted by atomic mass is 19.1. The third-order valence-electron chi connectivity index (χ3n) is 3.46. The number of carboxylic acids is 1. The van der Waals surface area contributed by atoms with Crippen LogP contribution in [0.25, 0.3) is 0 Å². The number of carboxylic acid groups (broad SMARTS) is 1. The molecule has 0 heterocycles. The summed E-state index contributed by atoms with van der Waals surface area (Å²) < 4.78 is 29.8. The van der Waals surface area contributed by atoms with E-state index in [-0.39, 0.29) is 24.1 Å². The smallest absolute Gasteiger partial charge is 0.335 e. The van der Waals surface area contributed by atoms with E-state index in [1.54, 1.807) is 31.4 Å². The number of halogens is 1. The Labute approximate surface area is 146 Å². The van der Waals surface area contributed by atoms with Crippen LogP contribution < -0.4 is 9.47 Å². The molecule has 0 aromatic heterocycles. The lowest BCUT2D eigenvalue weighted by Gasteiger charge is -2.15. The zero-order valence-corrected chi connectivity index (χ0v) is 14.2. The van der Waals surface area contributed by atoms with E-state index >= 15 is 0 Å². The zero-order valence-electron chi connectivity index (χ0n) is 14.2. The molecule has 2 aromatic carbocycles. The van der Waals surface area contributed by atoms with Gasteiger partial charge in [0.1, 0.15) is 23.4 Å². The van der Waals surface area contributed by atoms with Crippen molar-refractivity contribution in [2.45, 2.75) is 19.4 Å². The molecule has 1 atom stereocenters. The number of hydrogen-bond acceptors (Lipinski definition) is 4. The minimum Gasteiger partial charge on any atom is -0.493 e. The molecule has 134 valence electrons. The van der Waals surface area contributed by atoms with Gasteiger partial charge in [-0.2, -0.15) is 0 Å². The van der Waals surface area contributed by atoms with Crippen LogP contribution in [0.15, 0.2) is 42.5 Å². The van der Waals surface area contributed by atoms with Gasteiger partial charge in [-0.1, -0.05) is 18.2 Å². The van der Waals surface area contributed by atoms with E-state index in [0.29, 0.717) is 30.1 Å². The number of carbonyl (C=O) groups is 1. The van der Waals surface area contributed by atoms with E-state index in [0.717, 1.165) is 0 Å². The van der Waals surface area contributed by atoms with Crippen molar-refractivity contribution in [3.8, 4) is 11.5 Å². The van der Waals surface area contributed by atoms with Gasteiger partial charge in [-0.05, 0) is 30.7 Å². The first-order valence-corrected chi connectivity index (χ1v) is 7.89. The quantitative estimate of drug-likeness (QED) is 0.751. The second kappa shape index (κ2) is 9.03. The van der Waals surface area contributed by atoms with E-state index in [4.69, 9.17) is 14.2 Å². The third-order valence-corrected chi connectivity index (χ3v) is 3.46. The summed E-state index contributed by atoms with van der Waals surface area (Å²) in [7, 11) is 1.56. The van der Waals surface area contributed by atoms with Crippen molar-refractivity contribution in [2.24, 2.45) is 0 Å². The summed E-state index contributed by atoms with van der Waals surface area (Å²) in [6, 6.07) is 10.9. The highest BCUT2D eigenvalue weighted by Crippen LogP contribution is 2.24. The van der Waals surface area contributed by atoms with Gasteiger partial charge in [0.15, 0.2) is 0 Å². The Hall–Kier alpha value is -2.60. The van der Waals surface area contributed by atoms with Crippen LogP contribution in [0, 0.1) is 5.82 Å². The first kappa shape index (κ1) is 18.7. The first-order chi connectivity index (χ1) is 12.0. The van der Waals surface area contributed by atoms with Crippen molar-refractivity contribution in [2.75, 3.05) is 20.3 Å². The van der Waals surface area contributed by atoms with E-state index in [9.17, 15) is 14.3 Å². The Bertz CT molecular complexity index is 717. The highest BCUT2D eigenvalue weighted by molar-refractivity contribution is 5.88. The van der Waals surface area contributed by atoms with Crippen LogP contribution in [0.4, 0.5) is 4.39 Å². The maximum Gasteiger partial charge on any atom is 0.335 e. The van der Waals surface area contributed by atoms with Crippen LogP contribution >= 0.6 is 0 Å². The Morgan fingerprint density at radius 2 is 1.92 bits per heavy atom. The first-order valence-electron chi connectivity index (χ1n) is 7.89. The molecular weight excluding hydrogens is 327 g/mol. The summed E-state index contributed by atoms with van der Waals surface area (Å²) >= 11 is 0.